The highest BCUT2D eigenvalue weighted by atomic mass is 35.5. The summed E-state index contributed by atoms with van der Waals surface area (Å²) in [6.45, 7) is 3.85. The predicted octanol–water partition coefficient (Wildman–Crippen LogP) is 2.17. The Labute approximate surface area is 110 Å². The Bertz CT molecular complexity index is 411. The van der Waals surface area contributed by atoms with Crippen molar-refractivity contribution in [2.45, 2.75) is 19.7 Å². The van der Waals surface area contributed by atoms with Crippen molar-refractivity contribution in [1.29, 1.82) is 0 Å². The van der Waals surface area contributed by atoms with Crippen LogP contribution in [0, 0.1) is 0 Å². The summed E-state index contributed by atoms with van der Waals surface area (Å²) in [6, 6.07) is 2.99. The second-order valence-electron chi connectivity index (χ2n) is 3.32. The number of ether oxygens (including phenoxy) is 2. The fraction of sp³-hybridized carbons (Fsp3) is 0.417. The quantitative estimate of drug-likeness (QED) is 0.607. The number of halogens is 1. The van der Waals surface area contributed by atoms with Crippen molar-refractivity contribution in [2.75, 3.05) is 13.2 Å². The van der Waals surface area contributed by atoms with Crippen molar-refractivity contribution in [2.24, 2.45) is 0 Å². The summed E-state index contributed by atoms with van der Waals surface area (Å²) in [5.74, 6) is -1.01. The summed E-state index contributed by atoms with van der Waals surface area (Å²) in [4.78, 5) is 27.0. The lowest BCUT2D eigenvalue weighted by atomic mass is 10.2. The Morgan fingerprint density at radius 2 is 1.56 bits per heavy atom. The van der Waals surface area contributed by atoms with Gasteiger partial charge in [-0.2, -0.15) is 0 Å². The molecular weight excluding hydrogens is 258 g/mol. The van der Waals surface area contributed by atoms with Crippen LogP contribution >= 0.6 is 11.6 Å². The molecule has 1 rings (SSSR count). The van der Waals surface area contributed by atoms with Gasteiger partial charge in [-0.1, -0.05) is 0 Å². The van der Waals surface area contributed by atoms with Crippen LogP contribution in [0.4, 0.5) is 0 Å². The summed E-state index contributed by atoms with van der Waals surface area (Å²) in [6.07, 6.45) is 0. The van der Waals surface area contributed by atoms with Gasteiger partial charge in [0.2, 0.25) is 0 Å². The van der Waals surface area contributed by atoms with E-state index in [4.69, 9.17) is 21.1 Å². The molecule has 18 heavy (non-hydrogen) atoms. The minimum Gasteiger partial charge on any atom is -0.461 e. The molecule has 1 aromatic heterocycles. The molecule has 0 atom stereocenters. The Kier molecular flexibility index (Phi) is 5.58. The molecule has 0 saturated carbocycles. The van der Waals surface area contributed by atoms with Crippen LogP contribution in [0.25, 0.3) is 0 Å². The maximum atomic E-state index is 11.6. The zero-order valence-electron chi connectivity index (χ0n) is 10.2. The third-order valence-corrected chi connectivity index (χ3v) is 2.32. The van der Waals surface area contributed by atoms with Gasteiger partial charge in [0.1, 0.15) is 11.4 Å². The van der Waals surface area contributed by atoms with Crippen LogP contribution in [0.15, 0.2) is 12.1 Å². The lowest BCUT2D eigenvalue weighted by Crippen LogP contribution is -2.13. The highest BCUT2D eigenvalue weighted by Crippen LogP contribution is 2.11. The van der Waals surface area contributed by atoms with Gasteiger partial charge < -0.3 is 9.47 Å². The van der Waals surface area contributed by atoms with Crippen LogP contribution in [-0.2, 0) is 15.4 Å². The van der Waals surface area contributed by atoms with E-state index in [1.165, 1.54) is 12.1 Å². The second-order valence-corrected chi connectivity index (χ2v) is 3.59. The molecule has 0 aliphatic rings. The number of esters is 2. The molecule has 0 aromatic carbocycles. The summed E-state index contributed by atoms with van der Waals surface area (Å²) in [5.41, 5.74) is 0.717. The van der Waals surface area contributed by atoms with E-state index in [9.17, 15) is 9.59 Å². The molecule has 0 amide bonds. The van der Waals surface area contributed by atoms with Gasteiger partial charge in [-0.25, -0.2) is 14.6 Å². The van der Waals surface area contributed by atoms with E-state index in [1.807, 2.05) is 0 Å². The average molecular weight is 272 g/mol. The Morgan fingerprint density at radius 1 is 1.11 bits per heavy atom. The molecule has 0 saturated heterocycles. The van der Waals surface area contributed by atoms with Gasteiger partial charge in [0.15, 0.2) is 0 Å². The Balaban J connectivity index is 3.08. The van der Waals surface area contributed by atoms with Crippen molar-refractivity contribution < 1.29 is 19.1 Å². The lowest BCUT2D eigenvalue weighted by molar-refractivity contribution is 0.0511. The number of pyridine rings is 1. The maximum absolute atomic E-state index is 11.6. The van der Waals surface area contributed by atoms with Crippen molar-refractivity contribution in [1.82, 2.24) is 4.98 Å². The second kappa shape index (κ2) is 6.96. The number of carbonyl (C=O) groups is 2. The van der Waals surface area contributed by atoms with Gasteiger partial charge in [0.05, 0.1) is 13.2 Å². The number of nitrogens with zero attached hydrogens (tertiary/aromatic N) is 1. The largest absolute Gasteiger partial charge is 0.461 e. The van der Waals surface area contributed by atoms with Crippen LogP contribution in [0.5, 0.6) is 0 Å². The molecule has 0 unspecified atom stereocenters. The number of alkyl halides is 1. The zero-order chi connectivity index (χ0) is 13.5. The van der Waals surface area contributed by atoms with Gasteiger partial charge in [0, 0.05) is 5.88 Å². The third-order valence-electron chi connectivity index (χ3n) is 2.01. The molecule has 0 N–H and O–H groups in total. The highest BCUT2D eigenvalue weighted by molar-refractivity contribution is 6.17. The van der Waals surface area contributed by atoms with E-state index in [0.29, 0.717) is 5.56 Å². The fourth-order valence-electron chi connectivity index (χ4n) is 1.28. The molecule has 0 aliphatic heterocycles. The molecule has 98 valence electrons. The smallest absolute Gasteiger partial charge is 0.356 e. The van der Waals surface area contributed by atoms with Crippen LogP contribution in [0.1, 0.15) is 40.4 Å². The van der Waals surface area contributed by atoms with E-state index >= 15 is 0 Å². The number of carbonyl (C=O) groups excluding carboxylic acids is 2. The van der Waals surface area contributed by atoms with E-state index in [0.717, 1.165) is 0 Å². The van der Waals surface area contributed by atoms with Gasteiger partial charge in [-0.3, -0.25) is 0 Å². The van der Waals surface area contributed by atoms with Crippen molar-refractivity contribution in [3.8, 4) is 0 Å². The van der Waals surface area contributed by atoms with E-state index in [2.05, 4.69) is 4.98 Å². The highest BCUT2D eigenvalue weighted by Gasteiger charge is 2.16. The van der Waals surface area contributed by atoms with Crippen molar-refractivity contribution in [3.63, 3.8) is 0 Å². The van der Waals surface area contributed by atoms with E-state index in [-0.39, 0.29) is 30.5 Å². The minimum absolute atomic E-state index is 0.0538. The molecule has 0 radical (unpaired) electrons. The zero-order valence-corrected chi connectivity index (χ0v) is 11.0. The van der Waals surface area contributed by atoms with Crippen LogP contribution in [0.2, 0.25) is 0 Å². The van der Waals surface area contributed by atoms with Crippen molar-refractivity contribution in [3.05, 3.63) is 29.1 Å². The van der Waals surface area contributed by atoms with Gasteiger partial charge in [-0.15, -0.1) is 11.6 Å². The Hall–Kier alpha value is -1.62. The first-order valence-corrected chi connectivity index (χ1v) is 6.07. The summed E-state index contributed by atoms with van der Waals surface area (Å²) < 4.78 is 9.65. The monoisotopic (exact) mass is 271 g/mol. The average Bonchev–Trinajstić information content (AvgIpc) is 2.38. The van der Waals surface area contributed by atoms with Gasteiger partial charge >= 0.3 is 11.9 Å². The van der Waals surface area contributed by atoms with Crippen LogP contribution < -0.4 is 0 Å². The molecule has 1 heterocycles. The molecular formula is C12H14ClNO4. The Morgan fingerprint density at radius 3 is 1.89 bits per heavy atom. The molecule has 1 aromatic rings. The maximum Gasteiger partial charge on any atom is 0.356 e. The fourth-order valence-corrected chi connectivity index (χ4v) is 1.44. The minimum atomic E-state index is -0.588. The normalized spacial score (nSPS) is 9.94. The molecule has 0 spiro atoms. The van der Waals surface area contributed by atoms with Gasteiger partial charge in [0.25, 0.3) is 0 Å². The molecule has 0 aliphatic carbocycles. The first kappa shape index (κ1) is 14.4. The van der Waals surface area contributed by atoms with E-state index in [1.54, 1.807) is 13.8 Å². The number of rotatable bonds is 5. The summed E-state index contributed by atoms with van der Waals surface area (Å²) in [7, 11) is 0. The third kappa shape index (κ3) is 3.70. The first-order valence-electron chi connectivity index (χ1n) is 5.53. The molecule has 5 nitrogen and oxygen atoms in total. The lowest BCUT2D eigenvalue weighted by Gasteiger charge is -2.06. The number of hydrogen-bond acceptors (Lipinski definition) is 5. The van der Waals surface area contributed by atoms with Crippen LogP contribution in [-0.4, -0.2) is 30.1 Å². The molecule has 0 fully saturated rings. The summed E-state index contributed by atoms with van der Waals surface area (Å²) >= 11 is 5.70. The van der Waals surface area contributed by atoms with Gasteiger partial charge in [-0.05, 0) is 31.5 Å². The predicted molar refractivity (Wildman–Crippen MR) is 65.7 cm³/mol. The number of aromatic nitrogens is 1. The van der Waals surface area contributed by atoms with Crippen molar-refractivity contribution >= 4 is 23.5 Å². The standard InChI is InChI=1S/C12H14ClNO4/c1-3-17-11(15)9-5-8(7-13)6-10(14-9)12(16)18-4-2/h5-6H,3-4,7H2,1-2H3. The topological polar surface area (TPSA) is 65.5 Å². The molecule has 0 bridgehead atoms. The van der Waals surface area contributed by atoms with Crippen LogP contribution in [0.3, 0.4) is 0 Å². The summed E-state index contributed by atoms with van der Waals surface area (Å²) in [5, 5.41) is 0. The SMILES string of the molecule is CCOC(=O)c1cc(CCl)cc(C(=O)OCC)n1. The number of hydrogen-bond donors (Lipinski definition) is 0. The van der Waals surface area contributed by atoms with E-state index < -0.39 is 11.9 Å². The first-order chi connectivity index (χ1) is 8.62. The molecule has 6 heteroatoms.